The van der Waals surface area contributed by atoms with Crippen LogP contribution in [-0.4, -0.2) is 11.9 Å². The van der Waals surface area contributed by atoms with Gasteiger partial charge in [-0.3, -0.25) is 0 Å². The second kappa shape index (κ2) is 7.13. The van der Waals surface area contributed by atoms with Gasteiger partial charge in [-0.1, -0.05) is 85.2 Å². The molecule has 0 aromatic heterocycles. The van der Waals surface area contributed by atoms with Crippen LogP contribution in [0.15, 0.2) is 54.6 Å². The van der Waals surface area contributed by atoms with Gasteiger partial charge in [-0.2, -0.15) is 0 Å². The zero-order chi connectivity index (χ0) is 15.3. The lowest BCUT2D eigenvalue weighted by Crippen LogP contribution is -2.28. The van der Waals surface area contributed by atoms with E-state index in [1.54, 1.807) is 0 Å². The van der Waals surface area contributed by atoms with Crippen LogP contribution in [0.5, 0.6) is 5.75 Å². The molecule has 0 aliphatic carbocycles. The average Bonchev–Trinajstić information content (AvgIpc) is 2.48. The largest absolute Gasteiger partial charge is 0.493 e. The van der Waals surface area contributed by atoms with E-state index in [2.05, 4.69) is 79.2 Å². The van der Waals surface area contributed by atoms with Crippen molar-refractivity contribution in [3.8, 4) is 16.9 Å². The lowest BCUT2D eigenvalue weighted by atomic mass is 9.83. The highest BCUT2D eigenvalue weighted by Gasteiger charge is 2.24. The van der Waals surface area contributed by atoms with E-state index < -0.39 is 0 Å². The first kappa shape index (κ1) is 16.1. The molecule has 1 nitrogen and oxygen atoms in total. The maximum Gasteiger partial charge on any atom is 0.127 e. The fraction of sp³-hybridized carbons (Fsp3) is 0.368. The minimum Gasteiger partial charge on any atom is -0.493 e. The van der Waals surface area contributed by atoms with E-state index in [0.29, 0.717) is 5.92 Å². The first-order chi connectivity index (χ1) is 10.0. The standard InChI is InChI=1S/C19H23BrO/c1-19(2,3)16(13-20)14-21-18-12-8-7-11-17(18)15-9-5-4-6-10-15/h4-12,16H,13-14H2,1-3H3. The molecule has 0 bridgehead atoms. The summed E-state index contributed by atoms with van der Waals surface area (Å²) in [7, 11) is 0. The number of para-hydroxylation sites is 1. The quantitative estimate of drug-likeness (QED) is 0.622. The SMILES string of the molecule is CC(C)(C)C(CBr)COc1ccccc1-c1ccccc1. The van der Waals surface area contributed by atoms with Gasteiger partial charge in [0, 0.05) is 16.8 Å². The Morgan fingerprint density at radius 2 is 1.57 bits per heavy atom. The van der Waals surface area contributed by atoms with Crippen LogP contribution in [0, 0.1) is 11.3 Å². The Labute approximate surface area is 136 Å². The molecule has 0 amide bonds. The molecule has 2 aromatic rings. The van der Waals surface area contributed by atoms with E-state index in [9.17, 15) is 0 Å². The van der Waals surface area contributed by atoms with Gasteiger partial charge in [-0.25, -0.2) is 0 Å². The van der Waals surface area contributed by atoms with E-state index in [4.69, 9.17) is 4.74 Å². The normalized spacial score (nSPS) is 13.0. The summed E-state index contributed by atoms with van der Waals surface area (Å²) in [4.78, 5) is 0. The molecular weight excluding hydrogens is 324 g/mol. The predicted molar refractivity (Wildman–Crippen MR) is 94.1 cm³/mol. The number of hydrogen-bond acceptors (Lipinski definition) is 1. The molecule has 2 heteroatoms. The minimum atomic E-state index is 0.227. The molecule has 0 saturated heterocycles. The van der Waals surface area contributed by atoms with Crippen LogP contribution in [0.1, 0.15) is 20.8 Å². The molecule has 0 radical (unpaired) electrons. The van der Waals surface area contributed by atoms with E-state index in [1.807, 2.05) is 12.1 Å². The molecule has 1 atom stereocenters. The summed E-state index contributed by atoms with van der Waals surface area (Å²) < 4.78 is 6.14. The Balaban J connectivity index is 2.18. The number of rotatable bonds is 5. The molecule has 2 rings (SSSR count). The first-order valence-electron chi connectivity index (χ1n) is 7.35. The van der Waals surface area contributed by atoms with Crippen LogP contribution in [0.25, 0.3) is 11.1 Å². The molecule has 0 heterocycles. The number of benzene rings is 2. The third kappa shape index (κ3) is 4.34. The highest BCUT2D eigenvalue weighted by molar-refractivity contribution is 9.09. The van der Waals surface area contributed by atoms with Crippen molar-refractivity contribution in [2.45, 2.75) is 20.8 Å². The molecule has 1 unspecified atom stereocenters. The summed E-state index contributed by atoms with van der Waals surface area (Å²) >= 11 is 3.61. The highest BCUT2D eigenvalue weighted by atomic mass is 79.9. The molecule has 0 fully saturated rings. The molecule has 112 valence electrons. The smallest absolute Gasteiger partial charge is 0.127 e. The van der Waals surface area contributed by atoms with Crippen LogP contribution < -0.4 is 4.74 Å². The molecule has 0 N–H and O–H groups in total. The van der Waals surface area contributed by atoms with Crippen molar-refractivity contribution < 1.29 is 4.74 Å². The zero-order valence-electron chi connectivity index (χ0n) is 13.0. The molecule has 0 aliphatic heterocycles. The fourth-order valence-corrected chi connectivity index (χ4v) is 3.32. The summed E-state index contributed by atoms with van der Waals surface area (Å²) in [6, 6.07) is 18.6. The maximum absolute atomic E-state index is 6.14. The van der Waals surface area contributed by atoms with E-state index >= 15 is 0 Å². The van der Waals surface area contributed by atoms with Gasteiger partial charge in [0.15, 0.2) is 0 Å². The van der Waals surface area contributed by atoms with Gasteiger partial charge in [0.25, 0.3) is 0 Å². The van der Waals surface area contributed by atoms with Crippen LogP contribution >= 0.6 is 15.9 Å². The van der Waals surface area contributed by atoms with Crippen molar-refractivity contribution in [3.63, 3.8) is 0 Å². The topological polar surface area (TPSA) is 9.23 Å². The Morgan fingerprint density at radius 1 is 0.952 bits per heavy atom. The van der Waals surface area contributed by atoms with Gasteiger partial charge >= 0.3 is 0 Å². The average molecular weight is 347 g/mol. The predicted octanol–water partition coefficient (Wildman–Crippen LogP) is 5.79. The minimum absolute atomic E-state index is 0.227. The van der Waals surface area contributed by atoms with Gasteiger partial charge < -0.3 is 4.74 Å². The molecule has 0 saturated carbocycles. The second-order valence-corrected chi connectivity index (χ2v) is 7.04. The molecule has 2 aromatic carbocycles. The summed E-state index contributed by atoms with van der Waals surface area (Å²) in [5.41, 5.74) is 2.57. The fourth-order valence-electron chi connectivity index (χ4n) is 2.17. The first-order valence-corrected chi connectivity index (χ1v) is 8.47. The summed E-state index contributed by atoms with van der Waals surface area (Å²) in [5, 5.41) is 0.948. The zero-order valence-corrected chi connectivity index (χ0v) is 14.6. The van der Waals surface area contributed by atoms with Crippen LogP contribution in [0.2, 0.25) is 0 Å². The molecular formula is C19H23BrO. The number of hydrogen-bond donors (Lipinski definition) is 0. The van der Waals surface area contributed by atoms with Gasteiger partial charge in [0.05, 0.1) is 6.61 Å². The van der Waals surface area contributed by atoms with Crippen molar-refractivity contribution in [2.24, 2.45) is 11.3 Å². The lowest BCUT2D eigenvalue weighted by molar-refractivity contribution is 0.166. The van der Waals surface area contributed by atoms with E-state index in [0.717, 1.165) is 23.2 Å². The van der Waals surface area contributed by atoms with Gasteiger partial charge in [-0.15, -0.1) is 0 Å². The maximum atomic E-state index is 6.14. The number of ether oxygens (including phenoxy) is 1. The lowest BCUT2D eigenvalue weighted by Gasteiger charge is -2.29. The van der Waals surface area contributed by atoms with Crippen LogP contribution in [0.3, 0.4) is 0 Å². The van der Waals surface area contributed by atoms with Crippen LogP contribution in [0.4, 0.5) is 0 Å². The Kier molecular flexibility index (Phi) is 5.46. The van der Waals surface area contributed by atoms with Gasteiger partial charge in [0.1, 0.15) is 5.75 Å². The molecule has 0 aliphatic rings. The summed E-state index contributed by atoms with van der Waals surface area (Å²) in [6.45, 7) is 7.49. The van der Waals surface area contributed by atoms with Crippen LogP contribution in [-0.2, 0) is 0 Å². The van der Waals surface area contributed by atoms with Gasteiger partial charge in [0.2, 0.25) is 0 Å². The van der Waals surface area contributed by atoms with E-state index in [-0.39, 0.29) is 5.41 Å². The van der Waals surface area contributed by atoms with Crippen molar-refractivity contribution in [3.05, 3.63) is 54.6 Å². The van der Waals surface area contributed by atoms with Crippen molar-refractivity contribution in [2.75, 3.05) is 11.9 Å². The van der Waals surface area contributed by atoms with Crippen molar-refractivity contribution in [1.29, 1.82) is 0 Å². The van der Waals surface area contributed by atoms with Crippen molar-refractivity contribution >= 4 is 15.9 Å². The Hall–Kier alpha value is -1.28. The Bertz CT molecular complexity index is 557. The summed E-state index contributed by atoms with van der Waals surface area (Å²) in [6.07, 6.45) is 0. The van der Waals surface area contributed by atoms with E-state index in [1.165, 1.54) is 5.56 Å². The Morgan fingerprint density at radius 3 is 2.19 bits per heavy atom. The molecule has 21 heavy (non-hydrogen) atoms. The monoisotopic (exact) mass is 346 g/mol. The third-order valence-corrected chi connectivity index (χ3v) is 4.60. The molecule has 0 spiro atoms. The number of halogens is 1. The highest BCUT2D eigenvalue weighted by Crippen LogP contribution is 2.32. The second-order valence-electron chi connectivity index (χ2n) is 6.39. The van der Waals surface area contributed by atoms with Gasteiger partial charge in [-0.05, 0) is 17.0 Å². The third-order valence-electron chi connectivity index (χ3n) is 3.82. The van der Waals surface area contributed by atoms with Crippen molar-refractivity contribution in [1.82, 2.24) is 0 Å². The summed E-state index contributed by atoms with van der Waals surface area (Å²) in [5.74, 6) is 1.43. The number of alkyl halides is 1.